The molecule has 114 heavy (non-hydrogen) atoms. The smallest absolute Gasteiger partial charge is 0.414 e. The standard InChI is InChI=1S/C46H69NO10Si.C44H65NO10Si/c1-17-47(42(49)56-43(4,5)6)34-27-33(39-38(28-34)53-46(12,13)55-41(39)48)19-18-20-37-40(54-45(10,11)52-37)36(51-29-32-22-24-35(50-14)25-23-32)26-21-30(2)31(3)57-58(15,16)44(7,8)9;1-28(29(2)55-56(14,15)42(6,7)8)19-24-34(49-27-30-20-22-33(48-13)23-21-30)38-35(50-43(9,10)52-38)18-16-17-31-25-32(45-40(47)54-41(3,4)5)26-36-37(31)39(46)53-44(11,12)51-36/h18-19,21-28,30-31,36-37,40H,17,20,29H2,1-16H3;16-17,19-26,28-29,34-35,38H,18,27H2,1-15H3,(H,45,47)/b19-18+,26-21-;17-16+,24-19-/t30-,31+,36?,37+,40-;28-,29+,34?,35+,38-/m11/s1. The first-order chi connectivity index (χ1) is 52.5. The molecule has 4 aromatic rings. The summed E-state index contributed by atoms with van der Waals surface area (Å²) >= 11 is 0. The summed E-state index contributed by atoms with van der Waals surface area (Å²) in [5, 5.41) is 2.95. The number of amides is 2. The number of hydrogen-bond acceptors (Lipinski definition) is 20. The molecule has 8 rings (SSSR count). The van der Waals surface area contributed by atoms with Gasteiger partial charge in [0.1, 0.15) is 69.7 Å². The number of anilines is 2. The first-order valence-electron chi connectivity index (χ1n) is 40.0. The molecule has 0 aliphatic carbocycles. The molecular formula is C90H134N2O20Si2. The highest BCUT2D eigenvalue weighted by Gasteiger charge is 2.48. The first kappa shape index (κ1) is 93.8. The van der Waals surface area contributed by atoms with E-state index in [-0.39, 0.29) is 51.0 Å². The maximum absolute atomic E-state index is 13.4. The van der Waals surface area contributed by atoms with E-state index >= 15 is 0 Å². The molecule has 2 fully saturated rings. The van der Waals surface area contributed by atoms with Crippen LogP contribution in [-0.4, -0.2) is 145 Å². The van der Waals surface area contributed by atoms with Gasteiger partial charge in [-0.15, -0.1) is 0 Å². The Labute approximate surface area is 682 Å². The topological polar surface area (TPSA) is 231 Å². The third kappa shape index (κ3) is 26.8. The summed E-state index contributed by atoms with van der Waals surface area (Å²) in [6.07, 6.45) is 13.0. The minimum absolute atomic E-state index is 0.00181. The Morgan fingerprint density at radius 1 is 0.518 bits per heavy atom. The van der Waals surface area contributed by atoms with Crippen molar-refractivity contribution in [3.8, 4) is 23.0 Å². The Balaban J connectivity index is 0.000000316. The van der Waals surface area contributed by atoms with E-state index in [1.54, 1.807) is 93.0 Å². The number of esters is 2. The minimum Gasteiger partial charge on any atom is -0.497 e. The van der Waals surface area contributed by atoms with Crippen LogP contribution in [0.25, 0.3) is 12.2 Å². The zero-order chi connectivity index (χ0) is 85.3. The largest absolute Gasteiger partial charge is 0.497 e. The van der Waals surface area contributed by atoms with Crippen molar-refractivity contribution in [2.24, 2.45) is 11.8 Å². The molecule has 4 aliphatic heterocycles. The van der Waals surface area contributed by atoms with Crippen LogP contribution >= 0.6 is 0 Å². The Morgan fingerprint density at radius 3 is 1.27 bits per heavy atom. The molecule has 10 atom stereocenters. The second kappa shape index (κ2) is 37.5. The average Bonchev–Trinajstić information content (AvgIpc) is 1.10. The Morgan fingerprint density at radius 2 is 0.904 bits per heavy atom. The van der Waals surface area contributed by atoms with Gasteiger partial charge < -0.3 is 75.2 Å². The molecule has 1 N–H and O–H groups in total. The van der Waals surface area contributed by atoms with Crippen LogP contribution in [0.5, 0.6) is 23.0 Å². The maximum Gasteiger partial charge on any atom is 0.414 e. The summed E-state index contributed by atoms with van der Waals surface area (Å²) < 4.78 is 98.3. The van der Waals surface area contributed by atoms with Crippen molar-refractivity contribution in [3.63, 3.8) is 0 Å². The predicted molar refractivity (Wildman–Crippen MR) is 452 cm³/mol. The zero-order valence-corrected chi connectivity index (χ0v) is 76.0. The van der Waals surface area contributed by atoms with Crippen LogP contribution in [0.2, 0.25) is 36.3 Å². The van der Waals surface area contributed by atoms with Crippen molar-refractivity contribution in [2.45, 2.75) is 319 Å². The van der Waals surface area contributed by atoms with Gasteiger partial charge in [-0.25, -0.2) is 19.2 Å². The molecule has 4 aromatic carbocycles. The van der Waals surface area contributed by atoms with E-state index < -0.39 is 112 Å². The number of methoxy groups -OCH3 is 2. The number of carbonyl (C=O) groups is 4. The summed E-state index contributed by atoms with van der Waals surface area (Å²) in [6, 6.07) is 22.3. The molecule has 0 saturated carbocycles. The minimum atomic E-state index is -1.99. The van der Waals surface area contributed by atoms with E-state index in [2.05, 4.69) is 125 Å². The molecule has 4 heterocycles. The van der Waals surface area contributed by atoms with Gasteiger partial charge in [-0.3, -0.25) is 10.2 Å². The summed E-state index contributed by atoms with van der Waals surface area (Å²) in [5.41, 5.74) is 3.07. The molecule has 4 aliphatic rings. The SMILES string of the molecule is CCN(C(=O)OC(C)(C)C)c1cc(/C=C/C[C@@H]2OC(C)(C)O[C@@H]2C(/C=C\[C@@H](C)[C@H](C)O[Si](C)(C)C(C)(C)C)OCc2ccc(OC)cc2)c2c(c1)OC(C)(C)OC2=O.COc1ccc(COC(/C=C\[C@@H](C)[C@H](C)O[Si](C)(C)C(C)(C)C)[C@H]2OC(C)(C)O[C@H]2C/C=C/c2cc(NC(=O)OC(C)(C)C)cc3c2C(=O)OC(C)(C)O3)cc1. The van der Waals surface area contributed by atoms with Crippen LogP contribution in [0, 0.1) is 11.8 Å². The molecule has 2 saturated heterocycles. The third-order valence-electron chi connectivity index (χ3n) is 20.8. The monoisotopic (exact) mass is 1620 g/mol. The molecule has 0 aromatic heterocycles. The lowest BCUT2D eigenvalue weighted by Crippen LogP contribution is -2.44. The highest BCUT2D eigenvalue weighted by atomic mass is 28.4. The van der Waals surface area contributed by atoms with Crippen LogP contribution < -0.4 is 29.2 Å². The fourth-order valence-corrected chi connectivity index (χ4v) is 15.7. The number of nitrogens with zero attached hydrogens (tertiary/aromatic N) is 1. The Bertz CT molecular complexity index is 4040. The number of rotatable bonds is 29. The van der Waals surface area contributed by atoms with Gasteiger partial charge >= 0.3 is 24.1 Å². The van der Waals surface area contributed by atoms with Crippen molar-refractivity contribution in [3.05, 3.63) is 143 Å². The zero-order valence-electron chi connectivity index (χ0n) is 74.0. The van der Waals surface area contributed by atoms with Crippen molar-refractivity contribution in [2.75, 3.05) is 31.0 Å². The number of hydrogen-bond donors (Lipinski definition) is 1. The van der Waals surface area contributed by atoms with Crippen LogP contribution in [0.15, 0.2) is 109 Å². The lowest BCUT2D eigenvalue weighted by molar-refractivity contribution is -0.156. The number of nitrogens with one attached hydrogen (secondary N) is 1. The highest BCUT2D eigenvalue weighted by molar-refractivity contribution is 6.74. The fourth-order valence-electron chi connectivity index (χ4n) is 12.7. The van der Waals surface area contributed by atoms with Gasteiger partial charge in [0.25, 0.3) is 0 Å². The van der Waals surface area contributed by atoms with Gasteiger partial charge in [0.05, 0.1) is 45.3 Å². The summed E-state index contributed by atoms with van der Waals surface area (Å²) in [5.74, 6) is -2.86. The van der Waals surface area contributed by atoms with Crippen LogP contribution in [0.4, 0.5) is 21.0 Å². The van der Waals surface area contributed by atoms with E-state index in [9.17, 15) is 19.2 Å². The maximum atomic E-state index is 13.4. The van der Waals surface area contributed by atoms with Crippen molar-refractivity contribution < 1.29 is 94.3 Å². The second-order valence-electron chi connectivity index (χ2n) is 36.9. The molecule has 0 bridgehead atoms. The van der Waals surface area contributed by atoms with Gasteiger partial charge in [0.15, 0.2) is 28.2 Å². The Kier molecular flexibility index (Phi) is 30.8. The number of benzene rings is 4. The highest BCUT2D eigenvalue weighted by Crippen LogP contribution is 2.44. The first-order valence-corrected chi connectivity index (χ1v) is 45.8. The summed E-state index contributed by atoms with van der Waals surface area (Å²) in [4.78, 5) is 54.3. The lowest BCUT2D eigenvalue weighted by Gasteiger charge is -2.39. The van der Waals surface area contributed by atoms with Crippen molar-refractivity contribution in [1.29, 1.82) is 0 Å². The van der Waals surface area contributed by atoms with Gasteiger partial charge in [-0.2, -0.15) is 0 Å². The molecule has 632 valence electrons. The molecule has 0 radical (unpaired) electrons. The van der Waals surface area contributed by atoms with Gasteiger partial charge in [0.2, 0.25) is 11.6 Å². The molecule has 24 heteroatoms. The third-order valence-corrected chi connectivity index (χ3v) is 30.0. The van der Waals surface area contributed by atoms with Crippen LogP contribution in [0.3, 0.4) is 0 Å². The molecule has 2 unspecified atom stereocenters. The number of cyclic esters (lactones) is 2. The lowest BCUT2D eigenvalue weighted by atomic mass is 9.99. The summed E-state index contributed by atoms with van der Waals surface area (Å²) in [6.45, 7) is 59.1. The number of fused-ring (bicyclic) bond motifs is 2. The van der Waals surface area contributed by atoms with E-state index in [1.807, 2.05) is 122 Å². The predicted octanol–water partition coefficient (Wildman–Crippen LogP) is 21.3. The van der Waals surface area contributed by atoms with Gasteiger partial charge in [0, 0.05) is 64.3 Å². The fraction of sp³-hybridized carbons (Fsp3) is 0.600. The van der Waals surface area contributed by atoms with Crippen LogP contribution in [-0.2, 0) is 69.4 Å². The van der Waals surface area contributed by atoms with Gasteiger partial charge in [-0.05, 0) is 210 Å². The summed E-state index contributed by atoms with van der Waals surface area (Å²) in [7, 11) is -0.690. The molecular weight excluding hydrogens is 1490 g/mol. The van der Waals surface area contributed by atoms with Crippen molar-refractivity contribution >= 4 is 64.3 Å². The van der Waals surface area contributed by atoms with E-state index in [1.165, 1.54) is 4.90 Å². The Hall–Kier alpha value is -7.37. The average molecular weight is 1620 g/mol. The van der Waals surface area contributed by atoms with Crippen LogP contribution in [0.1, 0.15) is 229 Å². The van der Waals surface area contributed by atoms with Gasteiger partial charge in [-0.1, -0.05) is 128 Å². The molecule has 2 amide bonds. The van der Waals surface area contributed by atoms with E-state index in [0.29, 0.717) is 60.9 Å². The normalized spacial score (nSPS) is 21.1. The molecule has 0 spiro atoms. The second-order valence-corrected chi connectivity index (χ2v) is 46.4. The van der Waals surface area contributed by atoms with Crippen molar-refractivity contribution in [1.82, 2.24) is 0 Å². The van der Waals surface area contributed by atoms with E-state index in [4.69, 9.17) is 75.2 Å². The quantitative estimate of drug-likeness (QED) is 0.0230. The number of ether oxygens (including phenoxy) is 14. The number of carbonyl (C=O) groups excluding carboxylic acids is 4. The van der Waals surface area contributed by atoms with E-state index in [0.717, 1.165) is 22.6 Å². The molecule has 22 nitrogen and oxygen atoms in total.